The van der Waals surface area contributed by atoms with Crippen molar-refractivity contribution < 1.29 is 18.7 Å². The molecule has 82 valence electrons. The van der Waals surface area contributed by atoms with Crippen LogP contribution in [0.15, 0.2) is 23.0 Å². The first kappa shape index (κ1) is 11.5. The van der Waals surface area contributed by atoms with Crippen LogP contribution in [-0.4, -0.2) is 18.4 Å². The van der Waals surface area contributed by atoms with Crippen LogP contribution >= 0.6 is 0 Å². The predicted octanol–water partition coefficient (Wildman–Crippen LogP) is 2.05. The number of furan rings is 1. The second-order valence-corrected chi connectivity index (χ2v) is 3.09. The van der Waals surface area contributed by atoms with E-state index in [1.165, 1.54) is 12.5 Å². The van der Waals surface area contributed by atoms with Gasteiger partial charge >= 0.3 is 5.97 Å². The van der Waals surface area contributed by atoms with Crippen LogP contribution in [0.5, 0.6) is 0 Å². The molecule has 1 atom stereocenters. The smallest absolute Gasteiger partial charge is 0.316 e. The summed E-state index contributed by atoms with van der Waals surface area (Å²) in [6, 6.07) is 1.55. The molecule has 0 aromatic carbocycles. The van der Waals surface area contributed by atoms with E-state index in [1.807, 2.05) is 0 Å². The molecule has 1 aromatic rings. The van der Waals surface area contributed by atoms with Gasteiger partial charge in [0, 0.05) is 0 Å². The monoisotopic (exact) mass is 210 g/mol. The lowest BCUT2D eigenvalue weighted by molar-refractivity contribution is -0.146. The average Bonchev–Trinajstić information content (AvgIpc) is 2.71. The van der Waals surface area contributed by atoms with Gasteiger partial charge < -0.3 is 9.15 Å². The molecule has 1 unspecified atom stereocenters. The van der Waals surface area contributed by atoms with Gasteiger partial charge in [0.1, 0.15) is 12.2 Å². The van der Waals surface area contributed by atoms with Crippen molar-refractivity contribution in [2.45, 2.75) is 20.3 Å². The molecule has 0 amide bonds. The van der Waals surface area contributed by atoms with Gasteiger partial charge in [-0.05, 0) is 19.4 Å². The van der Waals surface area contributed by atoms with E-state index in [0.717, 1.165) is 0 Å². The fourth-order valence-corrected chi connectivity index (χ4v) is 1.31. The number of Topliss-reactive ketones (excluding diaryl/α,β-unsaturated/α-hetero) is 1. The Morgan fingerprint density at radius 1 is 1.47 bits per heavy atom. The van der Waals surface area contributed by atoms with Crippen LogP contribution < -0.4 is 0 Å². The van der Waals surface area contributed by atoms with E-state index >= 15 is 0 Å². The van der Waals surface area contributed by atoms with E-state index < -0.39 is 11.9 Å². The normalized spacial score (nSPS) is 12.1. The predicted molar refractivity (Wildman–Crippen MR) is 53.5 cm³/mol. The topological polar surface area (TPSA) is 56.5 Å². The zero-order valence-corrected chi connectivity index (χ0v) is 8.86. The largest absolute Gasteiger partial charge is 0.472 e. The Labute approximate surface area is 88.2 Å². The van der Waals surface area contributed by atoms with Crippen LogP contribution in [0.4, 0.5) is 0 Å². The number of rotatable bonds is 5. The molecule has 0 aliphatic rings. The second-order valence-electron chi connectivity index (χ2n) is 3.09. The van der Waals surface area contributed by atoms with Gasteiger partial charge in [-0.2, -0.15) is 0 Å². The van der Waals surface area contributed by atoms with E-state index in [0.29, 0.717) is 12.0 Å². The number of ether oxygens (including phenoxy) is 1. The highest BCUT2D eigenvalue weighted by Gasteiger charge is 2.27. The van der Waals surface area contributed by atoms with Gasteiger partial charge in [-0.3, -0.25) is 9.59 Å². The van der Waals surface area contributed by atoms with E-state index in [4.69, 9.17) is 9.15 Å². The summed E-state index contributed by atoms with van der Waals surface area (Å²) < 4.78 is 9.62. The third kappa shape index (κ3) is 2.68. The molecule has 0 saturated carbocycles. The molecule has 1 heterocycles. The molecule has 0 aliphatic carbocycles. The van der Waals surface area contributed by atoms with Crippen LogP contribution in [-0.2, 0) is 9.53 Å². The molecule has 0 fully saturated rings. The van der Waals surface area contributed by atoms with Crippen LogP contribution in [0.3, 0.4) is 0 Å². The molecule has 1 aromatic heterocycles. The van der Waals surface area contributed by atoms with E-state index in [-0.39, 0.29) is 12.4 Å². The third-order valence-electron chi connectivity index (χ3n) is 2.10. The summed E-state index contributed by atoms with van der Waals surface area (Å²) in [6.45, 7) is 3.78. The zero-order chi connectivity index (χ0) is 11.3. The Balaban J connectivity index is 2.75. The molecular weight excluding hydrogens is 196 g/mol. The first-order chi connectivity index (χ1) is 7.20. The Morgan fingerprint density at radius 3 is 2.67 bits per heavy atom. The summed E-state index contributed by atoms with van der Waals surface area (Å²) in [5.41, 5.74) is 0.412. The van der Waals surface area contributed by atoms with Crippen molar-refractivity contribution in [2.24, 2.45) is 5.92 Å². The molecule has 1 rings (SSSR count). The maximum atomic E-state index is 11.8. The summed E-state index contributed by atoms with van der Waals surface area (Å²) >= 11 is 0. The van der Waals surface area contributed by atoms with Gasteiger partial charge in [-0.15, -0.1) is 0 Å². The molecule has 4 heteroatoms. The lowest BCUT2D eigenvalue weighted by Crippen LogP contribution is -2.25. The standard InChI is InChI=1S/C11H14O4/c1-3-9(11(13)15-4-2)10(12)8-5-6-14-7-8/h5-7,9H,3-4H2,1-2H3. The SMILES string of the molecule is CCOC(=O)C(CC)C(=O)c1ccoc1. The van der Waals surface area contributed by atoms with Crippen LogP contribution in [0.2, 0.25) is 0 Å². The van der Waals surface area contributed by atoms with Crippen LogP contribution in [0.25, 0.3) is 0 Å². The minimum atomic E-state index is -0.720. The maximum Gasteiger partial charge on any atom is 0.316 e. The highest BCUT2D eigenvalue weighted by atomic mass is 16.5. The molecule has 4 nitrogen and oxygen atoms in total. The molecule has 15 heavy (non-hydrogen) atoms. The maximum absolute atomic E-state index is 11.8. The molecular formula is C11H14O4. The van der Waals surface area contributed by atoms with E-state index in [9.17, 15) is 9.59 Å². The Hall–Kier alpha value is -1.58. The van der Waals surface area contributed by atoms with Crippen molar-refractivity contribution in [3.05, 3.63) is 24.2 Å². The molecule has 0 radical (unpaired) electrons. The zero-order valence-electron chi connectivity index (χ0n) is 8.86. The highest BCUT2D eigenvalue weighted by molar-refractivity contribution is 6.08. The number of carbonyl (C=O) groups is 2. The number of hydrogen-bond acceptors (Lipinski definition) is 4. The van der Waals surface area contributed by atoms with Gasteiger partial charge in [-0.1, -0.05) is 6.92 Å². The Morgan fingerprint density at radius 2 is 2.20 bits per heavy atom. The fourth-order valence-electron chi connectivity index (χ4n) is 1.31. The van der Waals surface area contributed by atoms with Crippen molar-refractivity contribution in [2.75, 3.05) is 6.61 Å². The minimum Gasteiger partial charge on any atom is -0.472 e. The first-order valence-corrected chi connectivity index (χ1v) is 4.93. The minimum absolute atomic E-state index is 0.246. The Kier molecular flexibility index (Phi) is 4.09. The summed E-state index contributed by atoms with van der Waals surface area (Å²) in [6.07, 6.45) is 3.18. The molecule has 0 saturated heterocycles. The average molecular weight is 210 g/mol. The van der Waals surface area contributed by atoms with Crippen molar-refractivity contribution in [1.82, 2.24) is 0 Å². The lowest BCUT2D eigenvalue weighted by atomic mass is 9.97. The molecule has 0 spiro atoms. The first-order valence-electron chi connectivity index (χ1n) is 4.93. The van der Waals surface area contributed by atoms with Gasteiger partial charge in [0.25, 0.3) is 0 Å². The number of hydrogen-bond donors (Lipinski definition) is 0. The van der Waals surface area contributed by atoms with Crippen molar-refractivity contribution >= 4 is 11.8 Å². The summed E-state index contributed by atoms with van der Waals surface area (Å²) in [4.78, 5) is 23.2. The van der Waals surface area contributed by atoms with Crippen molar-refractivity contribution in [3.8, 4) is 0 Å². The van der Waals surface area contributed by atoms with Gasteiger partial charge in [0.15, 0.2) is 5.78 Å². The van der Waals surface area contributed by atoms with E-state index in [1.54, 1.807) is 19.9 Å². The quantitative estimate of drug-likeness (QED) is 0.424. The van der Waals surface area contributed by atoms with Gasteiger partial charge in [0.05, 0.1) is 18.4 Å². The van der Waals surface area contributed by atoms with Crippen LogP contribution in [0.1, 0.15) is 30.6 Å². The van der Waals surface area contributed by atoms with E-state index in [2.05, 4.69) is 0 Å². The Bertz CT molecular complexity index is 326. The highest BCUT2D eigenvalue weighted by Crippen LogP contribution is 2.14. The second kappa shape index (κ2) is 5.34. The summed E-state index contributed by atoms with van der Waals surface area (Å²) in [5.74, 6) is -1.43. The number of carbonyl (C=O) groups excluding carboxylic acids is 2. The van der Waals surface area contributed by atoms with Gasteiger partial charge in [0.2, 0.25) is 0 Å². The number of esters is 1. The van der Waals surface area contributed by atoms with Crippen molar-refractivity contribution in [1.29, 1.82) is 0 Å². The molecule has 0 aliphatic heterocycles. The summed E-state index contributed by atoms with van der Waals surface area (Å²) in [7, 11) is 0. The van der Waals surface area contributed by atoms with Crippen LogP contribution in [0, 0.1) is 5.92 Å². The third-order valence-corrected chi connectivity index (χ3v) is 2.10. The van der Waals surface area contributed by atoms with Gasteiger partial charge in [-0.25, -0.2) is 0 Å². The summed E-state index contributed by atoms with van der Waals surface area (Å²) in [5, 5.41) is 0. The molecule has 0 N–H and O–H groups in total. The fraction of sp³-hybridized carbons (Fsp3) is 0.455. The van der Waals surface area contributed by atoms with Crippen molar-refractivity contribution in [3.63, 3.8) is 0 Å². The number of ketones is 1. The molecule has 0 bridgehead atoms. The lowest BCUT2D eigenvalue weighted by Gasteiger charge is -2.10.